The zero-order valence-corrected chi connectivity index (χ0v) is 11.1. The minimum atomic E-state index is -0.791. The molecule has 5 heteroatoms. The summed E-state index contributed by atoms with van der Waals surface area (Å²) in [5.74, 6) is 1.64. The smallest absolute Gasteiger partial charge is 0.497 e. The minimum absolute atomic E-state index is 0.320. The van der Waals surface area contributed by atoms with E-state index >= 15 is 0 Å². The van der Waals surface area contributed by atoms with Gasteiger partial charge < -0.3 is 18.9 Å². The fourth-order valence-corrected chi connectivity index (χ4v) is 1.83. The molecule has 1 aromatic rings. The molecule has 0 aromatic heterocycles. The third-order valence-corrected chi connectivity index (χ3v) is 2.79. The van der Waals surface area contributed by atoms with E-state index in [-0.39, 0.29) is 0 Å². The Kier molecular flexibility index (Phi) is 3.38. The van der Waals surface area contributed by atoms with Gasteiger partial charge in [0.25, 0.3) is 0 Å². The van der Waals surface area contributed by atoms with Crippen molar-refractivity contribution >= 4 is 6.16 Å². The Bertz CT molecular complexity index is 489. The molecule has 1 atom stereocenters. The molecule has 1 aliphatic heterocycles. The van der Waals surface area contributed by atoms with Crippen LogP contribution >= 0.6 is 0 Å². The number of benzene rings is 1. The molecule has 102 valence electrons. The van der Waals surface area contributed by atoms with E-state index in [1.54, 1.807) is 45.2 Å². The van der Waals surface area contributed by atoms with Gasteiger partial charge in [-0.3, -0.25) is 0 Å². The van der Waals surface area contributed by atoms with Crippen molar-refractivity contribution in [1.82, 2.24) is 0 Å². The van der Waals surface area contributed by atoms with Gasteiger partial charge >= 0.3 is 6.16 Å². The van der Waals surface area contributed by atoms with Gasteiger partial charge in [-0.05, 0) is 38.1 Å². The van der Waals surface area contributed by atoms with E-state index in [1.807, 2.05) is 0 Å². The molecule has 0 amide bonds. The van der Waals surface area contributed by atoms with Crippen molar-refractivity contribution in [1.29, 1.82) is 0 Å². The highest BCUT2D eigenvalue weighted by Gasteiger charge is 2.46. The molecule has 0 aliphatic carbocycles. The zero-order chi connectivity index (χ0) is 14.0. The number of hydrogen-bond donors (Lipinski definition) is 0. The maximum atomic E-state index is 11.2. The van der Waals surface area contributed by atoms with E-state index in [9.17, 15) is 4.79 Å². The number of ether oxygens (including phenoxy) is 4. The number of methoxy groups -OCH3 is 1. The molecule has 0 N–H and O–H groups in total. The first-order valence-electron chi connectivity index (χ1n) is 5.83. The number of hydrogen-bond acceptors (Lipinski definition) is 5. The quantitative estimate of drug-likeness (QED) is 0.618. The fraction of sp³-hybridized carbons (Fsp3) is 0.357. The summed E-state index contributed by atoms with van der Waals surface area (Å²) in [6.45, 7) is 7.28. The first-order chi connectivity index (χ1) is 8.92. The summed E-state index contributed by atoms with van der Waals surface area (Å²) in [5, 5.41) is 0. The normalized spacial score (nSPS) is 20.4. The average Bonchev–Trinajstić information content (AvgIpc) is 2.63. The van der Waals surface area contributed by atoms with Crippen molar-refractivity contribution in [3.05, 3.63) is 36.6 Å². The van der Waals surface area contributed by atoms with Gasteiger partial charge in [-0.2, -0.15) is 0 Å². The molecule has 0 radical (unpaired) electrons. The van der Waals surface area contributed by atoms with Crippen LogP contribution in [0, 0.1) is 0 Å². The largest absolute Gasteiger partial charge is 0.509 e. The van der Waals surface area contributed by atoms with Gasteiger partial charge in [0.2, 0.25) is 6.10 Å². The summed E-state index contributed by atoms with van der Waals surface area (Å²) in [6.07, 6.45) is -1.35. The van der Waals surface area contributed by atoms with Gasteiger partial charge in [-0.25, -0.2) is 4.79 Å². The maximum absolute atomic E-state index is 11.2. The van der Waals surface area contributed by atoms with Crippen LogP contribution in [0.1, 0.15) is 13.8 Å². The number of carbonyl (C=O) groups excluding carboxylic acids is 1. The zero-order valence-electron chi connectivity index (χ0n) is 11.1. The molecule has 0 spiro atoms. The Hall–Kier alpha value is -2.17. The SMILES string of the molecule is C=C(Oc1ccc(OC)cc1)C1OC(=O)OC1(C)C. The Balaban J connectivity index is 2.06. The highest BCUT2D eigenvalue weighted by molar-refractivity contribution is 5.64. The molecule has 19 heavy (non-hydrogen) atoms. The predicted octanol–water partition coefficient (Wildman–Crippen LogP) is 2.90. The lowest BCUT2D eigenvalue weighted by Gasteiger charge is -2.23. The topological polar surface area (TPSA) is 54.0 Å². The summed E-state index contributed by atoms with van der Waals surface area (Å²) < 4.78 is 20.7. The van der Waals surface area contributed by atoms with Crippen LogP contribution in [-0.4, -0.2) is 25.0 Å². The molecule has 1 heterocycles. The molecule has 0 bridgehead atoms. The molecule has 1 saturated heterocycles. The fourth-order valence-electron chi connectivity index (χ4n) is 1.83. The van der Waals surface area contributed by atoms with Gasteiger partial charge in [0.15, 0.2) is 5.60 Å². The van der Waals surface area contributed by atoms with E-state index in [1.165, 1.54) is 0 Å². The van der Waals surface area contributed by atoms with Gasteiger partial charge in [-0.1, -0.05) is 6.58 Å². The monoisotopic (exact) mass is 264 g/mol. The second-order valence-electron chi connectivity index (χ2n) is 4.70. The van der Waals surface area contributed by atoms with Crippen LogP contribution < -0.4 is 9.47 Å². The van der Waals surface area contributed by atoms with Gasteiger partial charge in [0.05, 0.1) is 7.11 Å². The van der Waals surface area contributed by atoms with E-state index in [4.69, 9.17) is 18.9 Å². The molecular formula is C14H16O5. The van der Waals surface area contributed by atoms with Gasteiger partial charge in [-0.15, -0.1) is 0 Å². The van der Waals surface area contributed by atoms with Crippen molar-refractivity contribution < 1.29 is 23.7 Å². The van der Waals surface area contributed by atoms with E-state index < -0.39 is 17.9 Å². The summed E-state index contributed by atoms with van der Waals surface area (Å²) in [6, 6.07) is 7.03. The van der Waals surface area contributed by atoms with Crippen LogP contribution in [0.3, 0.4) is 0 Å². The molecule has 1 unspecified atom stereocenters. The van der Waals surface area contributed by atoms with Crippen LogP contribution in [0.5, 0.6) is 11.5 Å². The lowest BCUT2D eigenvalue weighted by molar-refractivity contribution is 0.0645. The van der Waals surface area contributed by atoms with Gasteiger partial charge in [0.1, 0.15) is 17.3 Å². The lowest BCUT2D eigenvalue weighted by Crippen LogP contribution is -2.35. The molecule has 0 saturated carbocycles. The van der Waals surface area contributed by atoms with Crippen molar-refractivity contribution in [2.24, 2.45) is 0 Å². The molecule has 1 aliphatic rings. The summed E-state index contributed by atoms with van der Waals surface area (Å²) >= 11 is 0. The van der Waals surface area contributed by atoms with Crippen LogP contribution in [0.4, 0.5) is 4.79 Å². The first kappa shape index (κ1) is 13.3. The number of rotatable bonds is 4. The summed E-state index contributed by atoms with van der Waals surface area (Å²) in [7, 11) is 1.59. The standard InChI is InChI=1S/C14H16O5/c1-9(12-14(2,3)19-13(15)18-12)17-11-7-5-10(16-4)6-8-11/h5-8,12H,1H2,2-4H3. The minimum Gasteiger partial charge on any atom is -0.497 e. The Morgan fingerprint density at radius 3 is 2.32 bits per heavy atom. The van der Waals surface area contributed by atoms with Crippen molar-refractivity contribution in [3.63, 3.8) is 0 Å². The average molecular weight is 264 g/mol. The second-order valence-corrected chi connectivity index (χ2v) is 4.70. The number of cyclic esters (lactones) is 2. The van der Waals surface area contributed by atoms with E-state index in [0.717, 1.165) is 5.75 Å². The van der Waals surface area contributed by atoms with Crippen LogP contribution in [0.15, 0.2) is 36.6 Å². The molecule has 5 nitrogen and oxygen atoms in total. The predicted molar refractivity (Wildman–Crippen MR) is 68.2 cm³/mol. The molecule has 2 rings (SSSR count). The summed E-state index contributed by atoms with van der Waals surface area (Å²) in [4.78, 5) is 11.2. The first-order valence-corrected chi connectivity index (χ1v) is 5.83. The summed E-state index contributed by atoms with van der Waals surface area (Å²) in [5.41, 5.74) is -0.791. The number of carbonyl (C=O) groups is 1. The van der Waals surface area contributed by atoms with E-state index in [0.29, 0.717) is 11.5 Å². The van der Waals surface area contributed by atoms with Crippen LogP contribution in [0.25, 0.3) is 0 Å². The highest BCUT2D eigenvalue weighted by Crippen LogP contribution is 2.32. The Labute approximate surface area is 111 Å². The van der Waals surface area contributed by atoms with Gasteiger partial charge in [0, 0.05) is 0 Å². The molecular weight excluding hydrogens is 248 g/mol. The van der Waals surface area contributed by atoms with E-state index in [2.05, 4.69) is 6.58 Å². The third kappa shape index (κ3) is 2.81. The maximum Gasteiger partial charge on any atom is 0.509 e. The van der Waals surface area contributed by atoms with Crippen LogP contribution in [0.2, 0.25) is 0 Å². The Morgan fingerprint density at radius 1 is 1.26 bits per heavy atom. The Morgan fingerprint density at radius 2 is 1.84 bits per heavy atom. The highest BCUT2D eigenvalue weighted by atomic mass is 16.8. The van der Waals surface area contributed by atoms with Crippen LogP contribution in [-0.2, 0) is 9.47 Å². The van der Waals surface area contributed by atoms with Crippen molar-refractivity contribution in [2.45, 2.75) is 25.6 Å². The van der Waals surface area contributed by atoms with Crippen molar-refractivity contribution in [3.8, 4) is 11.5 Å². The lowest BCUT2D eigenvalue weighted by atomic mass is 10.0. The second kappa shape index (κ2) is 4.84. The third-order valence-electron chi connectivity index (χ3n) is 2.79. The molecule has 1 fully saturated rings. The van der Waals surface area contributed by atoms with Crippen molar-refractivity contribution in [2.75, 3.05) is 7.11 Å². The molecule has 1 aromatic carbocycles.